The molecule has 0 aliphatic carbocycles. The summed E-state index contributed by atoms with van der Waals surface area (Å²) in [5.74, 6) is 1.08. The zero-order chi connectivity index (χ0) is 15.1. The van der Waals surface area contributed by atoms with Crippen LogP contribution in [0.3, 0.4) is 0 Å². The molecule has 1 amide bonds. The number of hydrogen-bond donors (Lipinski definition) is 1. The van der Waals surface area contributed by atoms with E-state index in [0.717, 1.165) is 28.5 Å². The Labute approximate surface area is 124 Å². The van der Waals surface area contributed by atoms with Crippen molar-refractivity contribution in [1.29, 1.82) is 0 Å². The third-order valence-electron chi connectivity index (χ3n) is 4.21. The minimum Gasteiger partial charge on any atom is -0.378 e. The number of carbonyl (C=O) groups is 1. The maximum atomic E-state index is 12.1. The van der Waals surface area contributed by atoms with Gasteiger partial charge >= 0.3 is 0 Å². The Morgan fingerprint density at radius 2 is 2.14 bits per heavy atom. The monoisotopic (exact) mass is 284 g/mol. The molecule has 2 heterocycles. The molecule has 5 nitrogen and oxygen atoms in total. The van der Waals surface area contributed by atoms with Gasteiger partial charge in [-0.15, -0.1) is 0 Å². The van der Waals surface area contributed by atoms with Crippen molar-refractivity contribution >= 4 is 17.3 Å². The number of imidazole rings is 1. The van der Waals surface area contributed by atoms with Crippen LogP contribution >= 0.6 is 0 Å². The highest BCUT2D eigenvalue weighted by Crippen LogP contribution is 2.38. The van der Waals surface area contributed by atoms with Crippen molar-refractivity contribution in [3.05, 3.63) is 41.5 Å². The maximum absolute atomic E-state index is 12.1. The first-order valence-corrected chi connectivity index (χ1v) is 7.06. The van der Waals surface area contributed by atoms with E-state index >= 15 is 0 Å². The number of amides is 1. The molecule has 0 bridgehead atoms. The largest absolute Gasteiger partial charge is 0.378 e. The maximum Gasteiger partial charge on any atom is 0.225 e. The third-order valence-corrected chi connectivity index (χ3v) is 4.21. The average Bonchev–Trinajstić information content (AvgIpc) is 2.77. The van der Waals surface area contributed by atoms with Gasteiger partial charge in [-0.1, -0.05) is 6.07 Å². The standard InChI is InChI=1S/C16H20N4O/c1-10-17-9-15(20(10)4)13-8-16(21)18-14-7-11(19(2)3)5-6-12(13)14/h5-7,9,13H,8H2,1-4H3,(H,18,21). The summed E-state index contributed by atoms with van der Waals surface area (Å²) in [5.41, 5.74) is 4.22. The van der Waals surface area contributed by atoms with E-state index < -0.39 is 0 Å². The molecule has 1 aromatic heterocycles. The van der Waals surface area contributed by atoms with Crippen LogP contribution in [-0.2, 0) is 11.8 Å². The number of nitrogens with one attached hydrogen (secondary N) is 1. The van der Waals surface area contributed by atoms with E-state index in [0.29, 0.717) is 6.42 Å². The minimum absolute atomic E-state index is 0.0576. The van der Waals surface area contributed by atoms with E-state index in [9.17, 15) is 4.79 Å². The second-order valence-electron chi connectivity index (χ2n) is 5.76. The second-order valence-corrected chi connectivity index (χ2v) is 5.76. The van der Waals surface area contributed by atoms with E-state index in [1.165, 1.54) is 0 Å². The molecule has 0 spiro atoms. The topological polar surface area (TPSA) is 50.2 Å². The summed E-state index contributed by atoms with van der Waals surface area (Å²) in [6.45, 7) is 1.97. The Morgan fingerprint density at radius 3 is 2.76 bits per heavy atom. The van der Waals surface area contributed by atoms with Gasteiger partial charge in [0.15, 0.2) is 0 Å². The molecular weight excluding hydrogens is 264 g/mol. The quantitative estimate of drug-likeness (QED) is 0.920. The molecule has 2 aromatic rings. The highest BCUT2D eigenvalue weighted by Gasteiger charge is 2.29. The molecule has 1 aliphatic rings. The average molecular weight is 284 g/mol. The molecule has 1 atom stereocenters. The fourth-order valence-corrected chi connectivity index (χ4v) is 2.84. The Balaban J connectivity index is 2.10. The van der Waals surface area contributed by atoms with E-state index in [1.807, 2.05) is 45.2 Å². The molecule has 1 unspecified atom stereocenters. The SMILES string of the molecule is Cc1ncc(C2CC(=O)Nc3cc(N(C)C)ccc32)n1C. The van der Waals surface area contributed by atoms with E-state index in [1.54, 1.807) is 0 Å². The summed E-state index contributed by atoms with van der Waals surface area (Å²) in [4.78, 5) is 18.4. The molecular formula is C16H20N4O. The first kappa shape index (κ1) is 13.7. The highest BCUT2D eigenvalue weighted by atomic mass is 16.1. The van der Waals surface area contributed by atoms with Gasteiger partial charge in [-0.3, -0.25) is 4.79 Å². The summed E-state index contributed by atoms with van der Waals surface area (Å²) in [7, 11) is 5.99. The van der Waals surface area contributed by atoms with Crippen LogP contribution in [0.1, 0.15) is 29.4 Å². The van der Waals surface area contributed by atoms with Gasteiger partial charge in [0.1, 0.15) is 5.82 Å². The summed E-state index contributed by atoms with van der Waals surface area (Å²) < 4.78 is 2.06. The van der Waals surface area contributed by atoms with Gasteiger partial charge in [-0.25, -0.2) is 4.98 Å². The Hall–Kier alpha value is -2.30. The van der Waals surface area contributed by atoms with Crippen LogP contribution in [0.25, 0.3) is 0 Å². The van der Waals surface area contributed by atoms with Gasteiger partial charge < -0.3 is 14.8 Å². The predicted octanol–water partition coefficient (Wildman–Crippen LogP) is 2.27. The van der Waals surface area contributed by atoms with Crippen LogP contribution in [0.15, 0.2) is 24.4 Å². The third kappa shape index (κ3) is 2.28. The van der Waals surface area contributed by atoms with E-state index in [4.69, 9.17) is 0 Å². The molecule has 21 heavy (non-hydrogen) atoms. The fourth-order valence-electron chi connectivity index (χ4n) is 2.84. The lowest BCUT2D eigenvalue weighted by Crippen LogP contribution is -2.25. The summed E-state index contributed by atoms with van der Waals surface area (Å²) in [6.07, 6.45) is 2.34. The smallest absolute Gasteiger partial charge is 0.225 e. The van der Waals surface area contributed by atoms with Crippen molar-refractivity contribution in [3.8, 4) is 0 Å². The van der Waals surface area contributed by atoms with Crippen LogP contribution < -0.4 is 10.2 Å². The van der Waals surface area contributed by atoms with Crippen molar-refractivity contribution in [2.24, 2.45) is 7.05 Å². The molecule has 110 valence electrons. The summed E-state index contributed by atoms with van der Waals surface area (Å²) >= 11 is 0. The Morgan fingerprint density at radius 1 is 1.38 bits per heavy atom. The van der Waals surface area contributed by atoms with Crippen molar-refractivity contribution < 1.29 is 4.79 Å². The lowest BCUT2D eigenvalue weighted by molar-refractivity contribution is -0.116. The number of anilines is 2. The molecule has 3 rings (SSSR count). The molecule has 1 N–H and O–H groups in total. The van der Waals surface area contributed by atoms with Crippen LogP contribution in [0.2, 0.25) is 0 Å². The van der Waals surface area contributed by atoms with E-state index in [-0.39, 0.29) is 11.8 Å². The number of aromatic nitrogens is 2. The molecule has 0 saturated heterocycles. The predicted molar refractivity (Wildman–Crippen MR) is 83.8 cm³/mol. The van der Waals surface area contributed by atoms with Gasteiger partial charge in [0.25, 0.3) is 0 Å². The zero-order valence-corrected chi connectivity index (χ0v) is 12.8. The number of aryl methyl sites for hydroxylation is 1. The fraction of sp³-hybridized carbons (Fsp3) is 0.375. The molecule has 1 aliphatic heterocycles. The Bertz CT molecular complexity index is 702. The number of fused-ring (bicyclic) bond motifs is 1. The molecule has 1 aromatic carbocycles. The summed E-state index contributed by atoms with van der Waals surface area (Å²) in [6, 6.07) is 6.23. The lowest BCUT2D eigenvalue weighted by atomic mass is 9.88. The first-order valence-electron chi connectivity index (χ1n) is 7.06. The van der Waals surface area contributed by atoms with Crippen LogP contribution in [0.5, 0.6) is 0 Å². The first-order chi connectivity index (χ1) is 9.97. The van der Waals surface area contributed by atoms with Crippen molar-refractivity contribution in [2.75, 3.05) is 24.3 Å². The van der Waals surface area contributed by atoms with E-state index in [2.05, 4.69) is 27.0 Å². The van der Waals surface area contributed by atoms with Gasteiger partial charge in [0, 0.05) is 56.7 Å². The normalized spacial score (nSPS) is 17.3. The lowest BCUT2D eigenvalue weighted by Gasteiger charge is -2.27. The molecule has 0 radical (unpaired) electrons. The van der Waals surface area contributed by atoms with Gasteiger partial charge in [0.2, 0.25) is 5.91 Å². The number of hydrogen-bond acceptors (Lipinski definition) is 3. The van der Waals surface area contributed by atoms with Gasteiger partial charge in [-0.05, 0) is 24.6 Å². The second kappa shape index (κ2) is 4.91. The van der Waals surface area contributed by atoms with Crippen molar-refractivity contribution in [2.45, 2.75) is 19.3 Å². The minimum atomic E-state index is 0.0576. The zero-order valence-electron chi connectivity index (χ0n) is 12.8. The Kier molecular flexibility index (Phi) is 3.20. The van der Waals surface area contributed by atoms with Crippen molar-refractivity contribution in [3.63, 3.8) is 0 Å². The molecule has 0 saturated carbocycles. The summed E-state index contributed by atoms with van der Waals surface area (Å²) in [5, 5.41) is 2.99. The number of benzene rings is 1. The van der Waals surface area contributed by atoms with Crippen LogP contribution in [0, 0.1) is 6.92 Å². The number of carbonyl (C=O) groups excluding carboxylic acids is 1. The van der Waals surface area contributed by atoms with Gasteiger partial charge in [-0.2, -0.15) is 0 Å². The highest BCUT2D eigenvalue weighted by molar-refractivity contribution is 5.96. The number of nitrogens with zero attached hydrogens (tertiary/aromatic N) is 3. The van der Waals surface area contributed by atoms with Crippen molar-refractivity contribution in [1.82, 2.24) is 9.55 Å². The molecule has 0 fully saturated rings. The molecule has 5 heteroatoms. The van der Waals surface area contributed by atoms with Gasteiger partial charge in [0.05, 0.1) is 0 Å². The van der Waals surface area contributed by atoms with Crippen LogP contribution in [0.4, 0.5) is 11.4 Å². The number of rotatable bonds is 2. The van der Waals surface area contributed by atoms with Crippen LogP contribution in [-0.4, -0.2) is 29.6 Å².